The summed E-state index contributed by atoms with van der Waals surface area (Å²) in [4.78, 5) is 16.6. The molecule has 8 heteroatoms. The summed E-state index contributed by atoms with van der Waals surface area (Å²) in [5.74, 6) is -0.202. The van der Waals surface area contributed by atoms with E-state index >= 15 is 0 Å². The lowest BCUT2D eigenvalue weighted by Crippen LogP contribution is -2.15. The Morgan fingerprint density at radius 1 is 1.15 bits per heavy atom. The maximum Gasteiger partial charge on any atom is 0.276 e. The third-order valence-corrected chi connectivity index (χ3v) is 4.26. The quantitative estimate of drug-likeness (QED) is 0.738. The summed E-state index contributed by atoms with van der Waals surface area (Å²) in [6.45, 7) is 0. The minimum absolute atomic E-state index is 0. The van der Waals surface area contributed by atoms with Crippen molar-refractivity contribution in [3.63, 3.8) is 0 Å². The molecule has 3 N–H and O–H groups in total. The molecule has 0 saturated carbocycles. The lowest BCUT2D eigenvalue weighted by atomic mass is 10.2. The summed E-state index contributed by atoms with van der Waals surface area (Å²) in [5, 5.41) is 7.28. The highest BCUT2D eigenvalue weighted by Gasteiger charge is 2.27. The Bertz CT molecular complexity index is 937. The van der Waals surface area contributed by atoms with Crippen molar-refractivity contribution in [1.29, 1.82) is 0 Å². The number of hydrogen-bond acceptors (Lipinski definition) is 4. The number of nitrogen functional groups attached to an aromatic ring is 1. The molecule has 3 aromatic rings. The molecule has 1 aromatic carbocycles. The smallest absolute Gasteiger partial charge is 0.276 e. The van der Waals surface area contributed by atoms with Crippen LogP contribution in [0.2, 0.25) is 0 Å². The Morgan fingerprint density at radius 2 is 1.92 bits per heavy atom. The third-order valence-electron chi connectivity index (χ3n) is 4.26. The van der Waals surface area contributed by atoms with Crippen molar-refractivity contribution in [1.82, 2.24) is 14.8 Å². The maximum absolute atomic E-state index is 13.2. The molecule has 0 bridgehead atoms. The van der Waals surface area contributed by atoms with Gasteiger partial charge < -0.3 is 11.1 Å². The van der Waals surface area contributed by atoms with E-state index in [9.17, 15) is 9.18 Å². The minimum atomic E-state index is -0.304. The van der Waals surface area contributed by atoms with Gasteiger partial charge in [0.1, 0.15) is 11.6 Å². The number of nitrogens with zero attached hydrogens (tertiary/aromatic N) is 3. The molecule has 2 heterocycles. The van der Waals surface area contributed by atoms with Crippen LogP contribution in [-0.2, 0) is 12.8 Å². The molecule has 0 spiro atoms. The molecule has 1 amide bonds. The van der Waals surface area contributed by atoms with Crippen LogP contribution in [0.15, 0.2) is 42.6 Å². The molecular formula is C18H17ClFN5O. The Kier molecular flexibility index (Phi) is 4.90. The highest BCUT2D eigenvalue weighted by Crippen LogP contribution is 2.28. The molecule has 0 aliphatic heterocycles. The number of amides is 1. The number of benzene rings is 1. The average Bonchev–Trinajstić information content (AvgIpc) is 3.20. The highest BCUT2D eigenvalue weighted by molar-refractivity contribution is 6.04. The maximum atomic E-state index is 13.2. The van der Waals surface area contributed by atoms with Crippen LogP contribution < -0.4 is 11.1 Å². The second-order valence-corrected chi connectivity index (χ2v) is 5.94. The summed E-state index contributed by atoms with van der Waals surface area (Å²) >= 11 is 0. The molecule has 1 aliphatic rings. The topological polar surface area (TPSA) is 85.8 Å². The van der Waals surface area contributed by atoms with Gasteiger partial charge in [0.15, 0.2) is 5.69 Å². The Balaban J connectivity index is 0.00000196. The number of halogens is 2. The van der Waals surface area contributed by atoms with Crippen LogP contribution in [0.5, 0.6) is 0 Å². The normalized spacial score (nSPS) is 12.3. The zero-order valence-corrected chi connectivity index (χ0v) is 14.6. The van der Waals surface area contributed by atoms with Gasteiger partial charge in [0.2, 0.25) is 0 Å². The average molecular weight is 374 g/mol. The van der Waals surface area contributed by atoms with Crippen molar-refractivity contribution in [2.75, 3.05) is 11.1 Å². The van der Waals surface area contributed by atoms with Crippen molar-refractivity contribution < 1.29 is 9.18 Å². The molecule has 0 fully saturated rings. The van der Waals surface area contributed by atoms with Crippen LogP contribution in [-0.4, -0.2) is 20.7 Å². The summed E-state index contributed by atoms with van der Waals surface area (Å²) in [6, 6.07) is 9.41. The van der Waals surface area contributed by atoms with Crippen LogP contribution in [0, 0.1) is 5.82 Å². The van der Waals surface area contributed by atoms with Crippen molar-refractivity contribution in [3.05, 3.63) is 65.4 Å². The van der Waals surface area contributed by atoms with Gasteiger partial charge in [0.05, 0.1) is 17.6 Å². The molecule has 0 saturated heterocycles. The van der Waals surface area contributed by atoms with Gasteiger partial charge in [0, 0.05) is 11.3 Å². The van der Waals surface area contributed by atoms with Crippen molar-refractivity contribution >= 4 is 29.8 Å². The lowest BCUT2D eigenvalue weighted by molar-refractivity contribution is 0.102. The van der Waals surface area contributed by atoms with Crippen molar-refractivity contribution in [2.24, 2.45) is 0 Å². The molecule has 0 radical (unpaired) electrons. The van der Waals surface area contributed by atoms with Gasteiger partial charge in [0.25, 0.3) is 5.91 Å². The van der Waals surface area contributed by atoms with Crippen LogP contribution >= 0.6 is 12.4 Å². The van der Waals surface area contributed by atoms with E-state index in [0.29, 0.717) is 17.2 Å². The fourth-order valence-corrected chi connectivity index (χ4v) is 3.09. The second-order valence-electron chi connectivity index (χ2n) is 5.94. The first-order valence-corrected chi connectivity index (χ1v) is 8.01. The fourth-order valence-electron chi connectivity index (χ4n) is 3.09. The van der Waals surface area contributed by atoms with E-state index < -0.39 is 0 Å². The molecule has 134 valence electrons. The van der Waals surface area contributed by atoms with Crippen LogP contribution in [0.3, 0.4) is 0 Å². The largest absolute Gasteiger partial charge is 0.384 e. The van der Waals surface area contributed by atoms with E-state index in [4.69, 9.17) is 5.73 Å². The van der Waals surface area contributed by atoms with Crippen molar-refractivity contribution in [3.8, 4) is 5.69 Å². The number of aromatic nitrogens is 3. The van der Waals surface area contributed by atoms with Gasteiger partial charge >= 0.3 is 0 Å². The number of rotatable bonds is 3. The first kappa shape index (κ1) is 17.9. The molecule has 0 unspecified atom stereocenters. The van der Waals surface area contributed by atoms with Crippen LogP contribution in [0.25, 0.3) is 5.69 Å². The van der Waals surface area contributed by atoms with Crippen molar-refractivity contribution in [2.45, 2.75) is 19.3 Å². The third kappa shape index (κ3) is 3.25. The van der Waals surface area contributed by atoms with E-state index in [2.05, 4.69) is 15.4 Å². The van der Waals surface area contributed by atoms with E-state index in [1.54, 1.807) is 28.9 Å². The number of carbonyl (C=O) groups excluding carboxylic acids is 1. The van der Waals surface area contributed by atoms with Crippen LogP contribution in [0.4, 0.5) is 15.9 Å². The predicted molar refractivity (Wildman–Crippen MR) is 99.4 cm³/mol. The summed E-state index contributed by atoms with van der Waals surface area (Å²) in [6.07, 6.45) is 4.12. The number of fused-ring (bicyclic) bond motifs is 1. The first-order chi connectivity index (χ1) is 12.1. The van der Waals surface area contributed by atoms with E-state index in [0.717, 1.165) is 36.2 Å². The van der Waals surface area contributed by atoms with Gasteiger partial charge in [-0.2, -0.15) is 5.10 Å². The number of pyridine rings is 1. The molecule has 4 rings (SSSR count). The predicted octanol–water partition coefficient (Wildman–Crippen LogP) is 3.15. The highest BCUT2D eigenvalue weighted by atomic mass is 35.5. The van der Waals surface area contributed by atoms with Gasteiger partial charge in [-0.25, -0.2) is 14.1 Å². The zero-order valence-electron chi connectivity index (χ0n) is 13.8. The standard InChI is InChI=1S/C18H16FN5O.ClH/c19-11-4-7-13(8-5-11)24-15-3-1-2-14(15)17(23-24)18(25)22-12-6-9-16(20)21-10-12;/h4-10H,1-3H2,(H2,20,21)(H,22,25);1H. The number of nitrogens with two attached hydrogens (primary N) is 1. The number of nitrogens with one attached hydrogen (secondary N) is 1. The lowest BCUT2D eigenvalue weighted by Gasteiger charge is -2.05. The summed E-state index contributed by atoms with van der Waals surface area (Å²) in [5.41, 5.74) is 9.21. The minimum Gasteiger partial charge on any atom is -0.384 e. The summed E-state index contributed by atoms with van der Waals surface area (Å²) in [7, 11) is 0. The number of anilines is 2. The van der Waals surface area contributed by atoms with Gasteiger partial charge in [-0.3, -0.25) is 4.79 Å². The van der Waals surface area contributed by atoms with E-state index in [1.807, 2.05) is 0 Å². The molecule has 26 heavy (non-hydrogen) atoms. The SMILES string of the molecule is Cl.Nc1ccc(NC(=O)c2nn(-c3ccc(F)cc3)c3c2CCC3)cn1. The molecule has 0 atom stereocenters. The van der Waals surface area contributed by atoms with Gasteiger partial charge in [-0.15, -0.1) is 12.4 Å². The summed E-state index contributed by atoms with van der Waals surface area (Å²) < 4.78 is 14.9. The number of carbonyl (C=O) groups is 1. The van der Waals surface area contributed by atoms with Crippen LogP contribution in [0.1, 0.15) is 28.2 Å². The van der Waals surface area contributed by atoms with Gasteiger partial charge in [-0.05, 0) is 55.7 Å². The molecule has 6 nitrogen and oxygen atoms in total. The Labute approximate surface area is 155 Å². The number of hydrogen-bond donors (Lipinski definition) is 2. The first-order valence-electron chi connectivity index (χ1n) is 8.01. The van der Waals surface area contributed by atoms with E-state index in [1.165, 1.54) is 18.3 Å². The molecule has 2 aromatic heterocycles. The Hall–Kier alpha value is -2.93. The van der Waals surface area contributed by atoms with Gasteiger partial charge in [-0.1, -0.05) is 0 Å². The monoisotopic (exact) mass is 373 g/mol. The second kappa shape index (κ2) is 7.13. The Morgan fingerprint density at radius 3 is 2.62 bits per heavy atom. The fraction of sp³-hybridized carbons (Fsp3) is 0.167. The van der Waals surface area contributed by atoms with E-state index in [-0.39, 0.29) is 24.1 Å². The molecular weight excluding hydrogens is 357 g/mol. The molecule has 1 aliphatic carbocycles. The zero-order chi connectivity index (χ0) is 17.4.